The van der Waals surface area contributed by atoms with Gasteiger partial charge in [0, 0.05) is 35.8 Å². The minimum Gasteiger partial charge on any atom is -0.281 e. The summed E-state index contributed by atoms with van der Waals surface area (Å²) in [5.74, 6) is 0.0904. The van der Waals surface area contributed by atoms with Gasteiger partial charge in [0.25, 0.3) is 0 Å². The standard InChI is InChI=1S/C20H19FN4O/c1-12-23-9-14(10-24-12)13-4-5-15-18(8-13)25(19(26)20(15,2)3)17-6-7-22-11-16(17)21/h4,6-11,15H,5H2,1-3H3. The van der Waals surface area contributed by atoms with E-state index in [1.807, 2.05) is 26.8 Å². The first-order chi connectivity index (χ1) is 12.4. The van der Waals surface area contributed by atoms with E-state index in [1.54, 1.807) is 18.5 Å². The van der Waals surface area contributed by atoms with Gasteiger partial charge in [0.15, 0.2) is 5.82 Å². The molecule has 0 aromatic carbocycles. The zero-order valence-electron chi connectivity index (χ0n) is 14.9. The smallest absolute Gasteiger partial charge is 0.237 e. The van der Waals surface area contributed by atoms with Crippen LogP contribution in [0.5, 0.6) is 0 Å². The van der Waals surface area contributed by atoms with E-state index in [4.69, 9.17) is 0 Å². The number of anilines is 1. The average Bonchev–Trinajstić information content (AvgIpc) is 2.82. The number of pyridine rings is 1. The molecule has 1 fully saturated rings. The SMILES string of the molecule is Cc1ncc(C2=CCC3C(=C2)N(c2ccncc2F)C(=O)C3(C)C)cn1. The Labute approximate surface area is 151 Å². The highest BCUT2D eigenvalue weighted by Crippen LogP contribution is 2.50. The van der Waals surface area contributed by atoms with Crippen LogP contribution in [0.2, 0.25) is 0 Å². The lowest BCUT2D eigenvalue weighted by molar-refractivity contribution is -0.125. The number of carbonyl (C=O) groups excluding carboxylic acids is 1. The van der Waals surface area contributed by atoms with Crippen molar-refractivity contribution in [1.29, 1.82) is 0 Å². The van der Waals surface area contributed by atoms with Gasteiger partial charge in [-0.1, -0.05) is 19.9 Å². The van der Waals surface area contributed by atoms with Crippen molar-refractivity contribution in [3.63, 3.8) is 0 Å². The second-order valence-corrected chi connectivity index (χ2v) is 7.23. The van der Waals surface area contributed by atoms with Crippen LogP contribution in [-0.4, -0.2) is 20.9 Å². The molecule has 0 saturated carbocycles. The highest BCUT2D eigenvalue weighted by atomic mass is 19.1. The van der Waals surface area contributed by atoms with E-state index in [1.165, 1.54) is 11.1 Å². The maximum atomic E-state index is 14.4. The van der Waals surface area contributed by atoms with Crippen molar-refractivity contribution in [3.05, 3.63) is 65.9 Å². The third kappa shape index (κ3) is 2.44. The Morgan fingerprint density at radius 3 is 2.65 bits per heavy atom. The van der Waals surface area contributed by atoms with E-state index in [-0.39, 0.29) is 17.5 Å². The molecule has 0 N–H and O–H groups in total. The monoisotopic (exact) mass is 350 g/mol. The van der Waals surface area contributed by atoms with Gasteiger partial charge in [-0.15, -0.1) is 0 Å². The summed E-state index contributed by atoms with van der Waals surface area (Å²) in [4.78, 5) is 26.9. The van der Waals surface area contributed by atoms with E-state index in [0.717, 1.165) is 23.0 Å². The molecule has 4 rings (SSSR count). The number of allylic oxidation sites excluding steroid dienone is 4. The summed E-state index contributed by atoms with van der Waals surface area (Å²) in [7, 11) is 0. The van der Waals surface area contributed by atoms with E-state index in [0.29, 0.717) is 12.2 Å². The van der Waals surface area contributed by atoms with Crippen LogP contribution in [0.15, 0.2) is 48.7 Å². The zero-order valence-corrected chi connectivity index (χ0v) is 14.9. The molecule has 1 atom stereocenters. The molecule has 1 unspecified atom stereocenters. The van der Waals surface area contributed by atoms with Gasteiger partial charge in [-0.2, -0.15) is 0 Å². The van der Waals surface area contributed by atoms with E-state index < -0.39 is 11.2 Å². The van der Waals surface area contributed by atoms with Crippen LogP contribution in [0.3, 0.4) is 0 Å². The quantitative estimate of drug-likeness (QED) is 0.829. The number of carbonyl (C=O) groups is 1. The van der Waals surface area contributed by atoms with Crippen molar-refractivity contribution in [2.24, 2.45) is 11.3 Å². The average molecular weight is 350 g/mol. The van der Waals surface area contributed by atoms with Crippen LogP contribution in [0.1, 0.15) is 31.7 Å². The van der Waals surface area contributed by atoms with Gasteiger partial charge < -0.3 is 0 Å². The topological polar surface area (TPSA) is 59.0 Å². The van der Waals surface area contributed by atoms with Crippen LogP contribution in [-0.2, 0) is 4.79 Å². The Hall–Kier alpha value is -2.89. The molecule has 1 amide bonds. The first-order valence-electron chi connectivity index (χ1n) is 8.54. The number of aryl methyl sites for hydroxylation is 1. The molecule has 5 nitrogen and oxygen atoms in total. The maximum absolute atomic E-state index is 14.4. The largest absolute Gasteiger partial charge is 0.281 e. The van der Waals surface area contributed by atoms with Crippen LogP contribution in [0.25, 0.3) is 5.57 Å². The molecule has 2 aliphatic rings. The highest BCUT2D eigenvalue weighted by molar-refractivity contribution is 6.05. The summed E-state index contributed by atoms with van der Waals surface area (Å²) in [6.45, 7) is 5.67. The molecular formula is C20H19FN4O. The summed E-state index contributed by atoms with van der Waals surface area (Å²) in [5.41, 5.74) is 2.28. The molecule has 0 radical (unpaired) electrons. The number of amides is 1. The number of nitrogens with zero attached hydrogens (tertiary/aromatic N) is 4. The minimum atomic E-state index is -0.604. The Kier molecular flexibility index (Phi) is 3.72. The van der Waals surface area contributed by atoms with Crippen molar-refractivity contribution in [3.8, 4) is 0 Å². The van der Waals surface area contributed by atoms with Gasteiger partial charge in [-0.05, 0) is 31.1 Å². The fourth-order valence-electron chi connectivity index (χ4n) is 3.66. The van der Waals surface area contributed by atoms with Crippen LogP contribution >= 0.6 is 0 Å². The summed E-state index contributed by atoms with van der Waals surface area (Å²) in [5, 5.41) is 0. The number of hydrogen-bond donors (Lipinski definition) is 0. The number of fused-ring (bicyclic) bond motifs is 1. The lowest BCUT2D eigenvalue weighted by Crippen LogP contribution is -2.31. The lowest BCUT2D eigenvalue weighted by atomic mass is 9.75. The predicted octanol–water partition coefficient (Wildman–Crippen LogP) is 3.68. The molecule has 26 heavy (non-hydrogen) atoms. The third-order valence-electron chi connectivity index (χ3n) is 5.22. The van der Waals surface area contributed by atoms with Crippen LogP contribution < -0.4 is 4.90 Å². The van der Waals surface area contributed by atoms with Gasteiger partial charge >= 0.3 is 0 Å². The van der Waals surface area contributed by atoms with Gasteiger partial charge in [0.05, 0.1) is 17.3 Å². The number of hydrogen-bond acceptors (Lipinski definition) is 4. The predicted molar refractivity (Wildman–Crippen MR) is 96.4 cm³/mol. The summed E-state index contributed by atoms with van der Waals surface area (Å²) in [6, 6.07) is 1.54. The van der Waals surface area contributed by atoms with E-state index in [9.17, 15) is 9.18 Å². The summed E-state index contributed by atoms with van der Waals surface area (Å²) in [6.07, 6.45) is 10.9. The number of rotatable bonds is 2. The fourth-order valence-corrected chi connectivity index (χ4v) is 3.66. The van der Waals surface area contributed by atoms with Crippen LogP contribution in [0.4, 0.5) is 10.1 Å². The Balaban J connectivity index is 1.82. The van der Waals surface area contributed by atoms with Crippen molar-refractivity contribution in [1.82, 2.24) is 15.0 Å². The van der Waals surface area contributed by atoms with Gasteiger partial charge in [0.1, 0.15) is 5.82 Å². The molecule has 2 aromatic rings. The molecule has 1 aliphatic heterocycles. The molecule has 3 heterocycles. The Bertz CT molecular complexity index is 947. The second kappa shape index (κ2) is 5.83. The van der Waals surface area contributed by atoms with Gasteiger partial charge in [-0.25, -0.2) is 14.4 Å². The molecular weight excluding hydrogens is 331 g/mol. The molecule has 0 bridgehead atoms. The van der Waals surface area contributed by atoms with Crippen molar-refractivity contribution in [2.75, 3.05) is 4.90 Å². The van der Waals surface area contributed by atoms with Crippen molar-refractivity contribution >= 4 is 17.2 Å². The molecule has 6 heteroatoms. The summed E-state index contributed by atoms with van der Waals surface area (Å²) >= 11 is 0. The maximum Gasteiger partial charge on any atom is 0.237 e. The van der Waals surface area contributed by atoms with Gasteiger partial charge in [0.2, 0.25) is 5.91 Å². The van der Waals surface area contributed by atoms with Gasteiger partial charge in [-0.3, -0.25) is 14.7 Å². The van der Waals surface area contributed by atoms with Crippen LogP contribution in [0, 0.1) is 24.1 Å². The molecule has 2 aromatic heterocycles. The number of halogens is 1. The first kappa shape index (κ1) is 16.6. The van der Waals surface area contributed by atoms with Crippen molar-refractivity contribution < 1.29 is 9.18 Å². The summed E-state index contributed by atoms with van der Waals surface area (Å²) < 4.78 is 14.4. The Morgan fingerprint density at radius 1 is 1.23 bits per heavy atom. The highest BCUT2D eigenvalue weighted by Gasteiger charge is 2.51. The molecule has 0 spiro atoms. The first-order valence-corrected chi connectivity index (χ1v) is 8.54. The van der Waals surface area contributed by atoms with E-state index >= 15 is 0 Å². The molecule has 1 aliphatic carbocycles. The minimum absolute atomic E-state index is 0.00215. The lowest BCUT2D eigenvalue weighted by Gasteiger charge is -2.26. The van der Waals surface area contributed by atoms with E-state index in [2.05, 4.69) is 21.0 Å². The third-order valence-corrected chi connectivity index (χ3v) is 5.22. The zero-order chi connectivity index (χ0) is 18.5. The normalized spacial score (nSPS) is 21.3. The molecule has 1 saturated heterocycles. The molecule has 132 valence electrons. The van der Waals surface area contributed by atoms with Crippen molar-refractivity contribution in [2.45, 2.75) is 27.2 Å². The number of aromatic nitrogens is 3. The second-order valence-electron chi connectivity index (χ2n) is 7.23. The fraction of sp³-hybridized carbons (Fsp3) is 0.300. The Morgan fingerprint density at radius 2 is 1.96 bits per heavy atom.